The molecule has 3 aromatic carbocycles. The molecule has 0 heterocycles. The van der Waals surface area contributed by atoms with Gasteiger partial charge < -0.3 is 14.2 Å². The van der Waals surface area contributed by atoms with Crippen LogP contribution in [0.25, 0.3) is 22.3 Å². The Hall–Kier alpha value is -4.45. The molecule has 0 aromatic heterocycles. The molecule has 0 aliphatic carbocycles. The van der Waals surface area contributed by atoms with Crippen molar-refractivity contribution in [3.05, 3.63) is 96.6 Å². The molecular weight excluding hydrogens is 444 g/mol. The van der Waals surface area contributed by atoms with Gasteiger partial charge in [-0.05, 0) is 72.9 Å². The van der Waals surface area contributed by atoms with Gasteiger partial charge in [0.25, 0.3) is 0 Å². The Morgan fingerprint density at radius 3 is 1.74 bits per heavy atom. The van der Waals surface area contributed by atoms with Gasteiger partial charge in [0.05, 0.1) is 0 Å². The molecule has 0 spiro atoms. The lowest BCUT2D eigenvalue weighted by Gasteiger charge is -2.11. The molecule has 0 N–H and O–H groups in total. The van der Waals surface area contributed by atoms with E-state index >= 15 is 0 Å². The van der Waals surface area contributed by atoms with Crippen molar-refractivity contribution in [2.45, 2.75) is 20.8 Å². The Balaban J connectivity index is 1.66. The molecule has 6 heteroatoms. The van der Waals surface area contributed by atoms with Crippen LogP contribution in [-0.2, 0) is 19.1 Å². The maximum absolute atomic E-state index is 11.9. The van der Waals surface area contributed by atoms with Crippen molar-refractivity contribution in [2.75, 3.05) is 6.61 Å². The fourth-order valence-corrected chi connectivity index (χ4v) is 3.19. The van der Waals surface area contributed by atoms with E-state index in [-0.39, 0.29) is 5.57 Å². The lowest BCUT2D eigenvalue weighted by atomic mass is 9.96. The molecule has 3 aromatic rings. The summed E-state index contributed by atoms with van der Waals surface area (Å²) in [5, 5.41) is 0. The van der Waals surface area contributed by atoms with Crippen molar-refractivity contribution < 1.29 is 28.6 Å². The van der Waals surface area contributed by atoms with Gasteiger partial charge in [0, 0.05) is 11.1 Å². The van der Waals surface area contributed by atoms with Crippen LogP contribution < -0.4 is 9.47 Å². The number of esters is 3. The van der Waals surface area contributed by atoms with Gasteiger partial charge in [0.1, 0.15) is 11.5 Å². The number of hydrogen-bond donors (Lipinski definition) is 0. The van der Waals surface area contributed by atoms with Crippen LogP contribution in [0.4, 0.5) is 0 Å². The summed E-state index contributed by atoms with van der Waals surface area (Å²) in [4.78, 5) is 34.9. The summed E-state index contributed by atoms with van der Waals surface area (Å²) in [6.45, 7) is 11.7. The predicted octanol–water partition coefficient (Wildman–Crippen LogP) is 5.84. The highest BCUT2D eigenvalue weighted by molar-refractivity contribution is 5.89. The normalized spacial score (nSPS) is 10.3. The minimum atomic E-state index is -0.673. The highest BCUT2D eigenvalue weighted by Crippen LogP contribution is 2.30. The summed E-state index contributed by atoms with van der Waals surface area (Å²) >= 11 is 0. The van der Waals surface area contributed by atoms with Crippen molar-refractivity contribution in [1.82, 2.24) is 0 Å². The lowest BCUT2D eigenvalue weighted by Crippen LogP contribution is -2.18. The van der Waals surface area contributed by atoms with Gasteiger partial charge in [-0.1, -0.05) is 55.6 Å². The maximum atomic E-state index is 11.9. The van der Waals surface area contributed by atoms with E-state index in [4.69, 9.17) is 14.2 Å². The van der Waals surface area contributed by atoms with Crippen molar-refractivity contribution in [3.8, 4) is 33.8 Å². The average Bonchev–Trinajstić information content (AvgIpc) is 2.83. The monoisotopic (exact) mass is 470 g/mol. The zero-order chi connectivity index (χ0) is 25.5. The van der Waals surface area contributed by atoms with Crippen molar-refractivity contribution in [2.24, 2.45) is 0 Å². The van der Waals surface area contributed by atoms with E-state index in [2.05, 4.69) is 19.2 Å². The molecule has 178 valence electrons. The van der Waals surface area contributed by atoms with E-state index in [1.165, 1.54) is 6.92 Å². The second-order valence-electron chi connectivity index (χ2n) is 8.08. The highest BCUT2D eigenvalue weighted by Gasteiger charge is 2.11. The first-order chi connectivity index (χ1) is 16.6. The largest absolute Gasteiger partial charge is 0.450 e. The Morgan fingerprint density at radius 2 is 1.20 bits per heavy atom. The van der Waals surface area contributed by atoms with Crippen molar-refractivity contribution in [3.63, 3.8) is 0 Å². The van der Waals surface area contributed by atoms with Crippen LogP contribution in [0.15, 0.2) is 91.0 Å². The summed E-state index contributed by atoms with van der Waals surface area (Å²) in [7, 11) is 0. The van der Waals surface area contributed by atoms with Crippen LogP contribution in [-0.4, -0.2) is 24.5 Å². The van der Waals surface area contributed by atoms with Gasteiger partial charge >= 0.3 is 17.9 Å². The first kappa shape index (κ1) is 25.2. The fraction of sp³-hybridized carbons (Fsp3) is 0.138. The van der Waals surface area contributed by atoms with Gasteiger partial charge in [0.2, 0.25) is 0 Å². The third kappa shape index (κ3) is 6.77. The smallest absolute Gasteiger partial charge is 0.349 e. The number of carbonyl (C=O) groups is 3. The minimum absolute atomic E-state index is 0.213. The molecule has 0 saturated carbocycles. The van der Waals surface area contributed by atoms with Crippen LogP contribution in [0.2, 0.25) is 0 Å². The van der Waals surface area contributed by atoms with E-state index in [9.17, 15) is 14.4 Å². The van der Waals surface area contributed by atoms with E-state index < -0.39 is 24.5 Å². The quantitative estimate of drug-likeness (QED) is 0.234. The molecule has 0 atom stereocenters. The lowest BCUT2D eigenvalue weighted by molar-refractivity contribution is -0.150. The molecule has 35 heavy (non-hydrogen) atoms. The molecule has 0 unspecified atom stereocenters. The van der Waals surface area contributed by atoms with Gasteiger partial charge in [-0.2, -0.15) is 0 Å². The minimum Gasteiger partial charge on any atom is -0.450 e. The fourth-order valence-electron chi connectivity index (χ4n) is 3.19. The molecule has 0 amide bonds. The maximum Gasteiger partial charge on any atom is 0.349 e. The summed E-state index contributed by atoms with van der Waals surface area (Å²) in [5.41, 5.74) is 5.64. The molecule has 0 radical (unpaired) electrons. The van der Waals surface area contributed by atoms with Crippen LogP contribution >= 0.6 is 0 Å². The van der Waals surface area contributed by atoms with Crippen molar-refractivity contribution >= 4 is 17.9 Å². The van der Waals surface area contributed by atoms with Gasteiger partial charge in [-0.25, -0.2) is 14.4 Å². The molecule has 0 bridgehead atoms. The first-order valence-electron chi connectivity index (χ1n) is 10.9. The Bertz CT molecular complexity index is 1280. The summed E-state index contributed by atoms with van der Waals surface area (Å²) in [6, 6.07) is 20.5. The average molecular weight is 471 g/mol. The third-order valence-electron chi connectivity index (χ3n) is 5.04. The predicted molar refractivity (Wildman–Crippen MR) is 134 cm³/mol. The molecule has 3 rings (SSSR count). The van der Waals surface area contributed by atoms with E-state index in [0.717, 1.165) is 27.8 Å². The number of carbonyl (C=O) groups excluding carboxylic acids is 3. The number of hydrogen-bond acceptors (Lipinski definition) is 6. The van der Waals surface area contributed by atoms with Crippen LogP contribution in [0.1, 0.15) is 19.4 Å². The summed E-state index contributed by atoms with van der Waals surface area (Å²) < 4.78 is 15.2. The summed E-state index contributed by atoms with van der Waals surface area (Å²) in [5.74, 6) is -0.951. The molecule has 0 fully saturated rings. The van der Waals surface area contributed by atoms with Gasteiger partial charge in [-0.3, -0.25) is 0 Å². The van der Waals surface area contributed by atoms with Gasteiger partial charge in [-0.15, -0.1) is 0 Å². The van der Waals surface area contributed by atoms with Gasteiger partial charge in [0.15, 0.2) is 6.61 Å². The highest BCUT2D eigenvalue weighted by atomic mass is 16.6. The van der Waals surface area contributed by atoms with Crippen LogP contribution in [0.5, 0.6) is 11.5 Å². The number of ether oxygens (including phenoxy) is 3. The molecule has 6 nitrogen and oxygen atoms in total. The second kappa shape index (κ2) is 11.1. The Kier molecular flexibility index (Phi) is 8.00. The van der Waals surface area contributed by atoms with Crippen LogP contribution in [0, 0.1) is 6.92 Å². The molecule has 0 saturated heterocycles. The zero-order valence-corrected chi connectivity index (χ0v) is 19.9. The zero-order valence-electron chi connectivity index (χ0n) is 19.9. The topological polar surface area (TPSA) is 78.9 Å². The number of rotatable bonds is 8. The standard InChI is InChI=1S/C29H26O6/c1-18(2)28(31)33-17-27(30)34-24-11-6-21(7-12-24)23-10-15-26(20(5)16-23)22-8-13-25(14-9-22)35-29(32)19(3)4/h6-16H,1,3,17H2,2,4-5H3. The summed E-state index contributed by atoms with van der Waals surface area (Å²) in [6.07, 6.45) is 0. The second-order valence-corrected chi connectivity index (χ2v) is 8.08. The van der Waals surface area contributed by atoms with Crippen LogP contribution in [0.3, 0.4) is 0 Å². The van der Waals surface area contributed by atoms with Crippen molar-refractivity contribution in [1.29, 1.82) is 0 Å². The Labute approximate surface area is 204 Å². The van der Waals surface area contributed by atoms with E-state index in [1.807, 2.05) is 43.3 Å². The van der Waals surface area contributed by atoms with E-state index in [1.54, 1.807) is 31.2 Å². The Morgan fingerprint density at radius 1 is 0.686 bits per heavy atom. The molecular formula is C29H26O6. The molecule has 0 aliphatic rings. The SMILES string of the molecule is C=C(C)C(=O)OCC(=O)Oc1ccc(-c2ccc(-c3ccc(OC(=O)C(=C)C)cc3)c(C)c2)cc1. The first-order valence-corrected chi connectivity index (χ1v) is 10.9. The van der Waals surface area contributed by atoms with E-state index in [0.29, 0.717) is 17.1 Å². The third-order valence-corrected chi connectivity index (χ3v) is 5.04. The number of benzene rings is 3. The molecule has 0 aliphatic heterocycles. The number of aryl methyl sites for hydroxylation is 1.